The van der Waals surface area contributed by atoms with Crippen molar-refractivity contribution >= 4 is 22.9 Å². The summed E-state index contributed by atoms with van der Waals surface area (Å²) in [5, 5.41) is 4.86. The third-order valence-electron chi connectivity index (χ3n) is 3.04. The van der Waals surface area contributed by atoms with Crippen LogP contribution in [-0.2, 0) is 13.0 Å². The standard InChI is InChI=1S/C15H18ClNOS/c1-2-12(17)8-13-14(16)4-3-5-15(13)18-9-11-6-7-19-10-11/h3-7,10,12H,2,8-9,17H2,1H3. The van der Waals surface area contributed by atoms with Crippen molar-refractivity contribution in [2.24, 2.45) is 5.73 Å². The molecule has 1 atom stereocenters. The van der Waals surface area contributed by atoms with Crippen LogP contribution in [0.1, 0.15) is 24.5 Å². The summed E-state index contributed by atoms with van der Waals surface area (Å²) in [5.74, 6) is 0.836. The minimum Gasteiger partial charge on any atom is -0.489 e. The maximum Gasteiger partial charge on any atom is 0.124 e. The van der Waals surface area contributed by atoms with E-state index in [1.807, 2.05) is 23.6 Å². The molecule has 0 amide bonds. The van der Waals surface area contributed by atoms with Crippen molar-refractivity contribution in [3.63, 3.8) is 0 Å². The van der Waals surface area contributed by atoms with Crippen molar-refractivity contribution in [3.8, 4) is 5.75 Å². The van der Waals surface area contributed by atoms with E-state index in [0.29, 0.717) is 6.61 Å². The molecule has 1 heterocycles. The monoisotopic (exact) mass is 295 g/mol. The molecule has 102 valence electrons. The van der Waals surface area contributed by atoms with Crippen molar-refractivity contribution in [2.45, 2.75) is 32.4 Å². The summed E-state index contributed by atoms with van der Waals surface area (Å²) in [7, 11) is 0. The summed E-state index contributed by atoms with van der Waals surface area (Å²) in [5.41, 5.74) is 8.21. The number of halogens is 1. The van der Waals surface area contributed by atoms with Crippen LogP contribution in [-0.4, -0.2) is 6.04 Å². The molecule has 1 aromatic heterocycles. The minimum absolute atomic E-state index is 0.114. The molecule has 1 aromatic carbocycles. The molecular formula is C15H18ClNOS. The molecule has 0 spiro atoms. The van der Waals surface area contributed by atoms with E-state index in [4.69, 9.17) is 22.1 Å². The van der Waals surface area contributed by atoms with Crippen molar-refractivity contribution in [1.29, 1.82) is 0 Å². The first-order valence-electron chi connectivity index (χ1n) is 6.37. The predicted molar refractivity (Wildman–Crippen MR) is 82.1 cm³/mol. The molecular weight excluding hydrogens is 278 g/mol. The summed E-state index contributed by atoms with van der Waals surface area (Å²) in [6, 6.07) is 7.93. The molecule has 0 aliphatic rings. The smallest absolute Gasteiger partial charge is 0.124 e. The van der Waals surface area contributed by atoms with E-state index in [0.717, 1.165) is 29.2 Å². The van der Waals surface area contributed by atoms with E-state index >= 15 is 0 Å². The number of nitrogens with two attached hydrogens (primary N) is 1. The molecule has 0 saturated carbocycles. The van der Waals surface area contributed by atoms with Gasteiger partial charge in [-0.3, -0.25) is 0 Å². The molecule has 0 aliphatic heterocycles. The fourth-order valence-electron chi connectivity index (χ4n) is 1.81. The van der Waals surface area contributed by atoms with Crippen LogP contribution in [0, 0.1) is 0 Å². The van der Waals surface area contributed by atoms with E-state index in [2.05, 4.69) is 18.4 Å². The Morgan fingerprint density at radius 1 is 1.37 bits per heavy atom. The molecule has 0 aliphatic carbocycles. The molecule has 0 fully saturated rings. The van der Waals surface area contributed by atoms with Crippen LogP contribution in [0.5, 0.6) is 5.75 Å². The fourth-order valence-corrected chi connectivity index (χ4v) is 2.71. The SMILES string of the molecule is CCC(N)Cc1c(Cl)cccc1OCc1ccsc1. The predicted octanol–water partition coefficient (Wildman–Crippen LogP) is 4.26. The highest BCUT2D eigenvalue weighted by molar-refractivity contribution is 7.07. The van der Waals surface area contributed by atoms with Gasteiger partial charge < -0.3 is 10.5 Å². The maximum absolute atomic E-state index is 6.26. The van der Waals surface area contributed by atoms with E-state index in [9.17, 15) is 0 Å². The molecule has 2 N–H and O–H groups in total. The van der Waals surface area contributed by atoms with Crippen LogP contribution < -0.4 is 10.5 Å². The minimum atomic E-state index is 0.114. The van der Waals surface area contributed by atoms with Crippen molar-refractivity contribution in [1.82, 2.24) is 0 Å². The number of benzene rings is 1. The second-order valence-electron chi connectivity index (χ2n) is 4.51. The number of hydrogen-bond acceptors (Lipinski definition) is 3. The first kappa shape index (κ1) is 14.4. The van der Waals surface area contributed by atoms with Gasteiger partial charge in [0.1, 0.15) is 12.4 Å². The Morgan fingerprint density at radius 2 is 2.21 bits per heavy atom. The third-order valence-corrected chi connectivity index (χ3v) is 4.13. The molecule has 2 aromatic rings. The van der Waals surface area contributed by atoms with Gasteiger partial charge >= 0.3 is 0 Å². The van der Waals surface area contributed by atoms with Gasteiger partial charge in [0.05, 0.1) is 0 Å². The first-order chi connectivity index (χ1) is 9.20. The molecule has 0 radical (unpaired) electrons. The summed E-state index contributed by atoms with van der Waals surface area (Å²) >= 11 is 7.93. The Kier molecular flexibility index (Phi) is 5.25. The number of thiophene rings is 1. The van der Waals surface area contributed by atoms with Gasteiger partial charge in [-0.05, 0) is 47.4 Å². The number of hydrogen-bond donors (Lipinski definition) is 1. The molecule has 0 saturated heterocycles. The Labute approximate surface area is 123 Å². The van der Waals surface area contributed by atoms with Crippen LogP contribution in [0.4, 0.5) is 0 Å². The van der Waals surface area contributed by atoms with Gasteiger partial charge in [-0.2, -0.15) is 11.3 Å². The summed E-state index contributed by atoms with van der Waals surface area (Å²) in [6.45, 7) is 2.64. The highest BCUT2D eigenvalue weighted by Crippen LogP contribution is 2.28. The van der Waals surface area contributed by atoms with Crippen LogP contribution in [0.2, 0.25) is 5.02 Å². The lowest BCUT2D eigenvalue weighted by Gasteiger charge is -2.15. The summed E-state index contributed by atoms with van der Waals surface area (Å²) in [4.78, 5) is 0. The van der Waals surface area contributed by atoms with E-state index in [1.54, 1.807) is 11.3 Å². The quantitative estimate of drug-likeness (QED) is 0.864. The van der Waals surface area contributed by atoms with Crippen molar-refractivity contribution in [2.75, 3.05) is 0 Å². The van der Waals surface area contributed by atoms with Crippen LogP contribution in [0.25, 0.3) is 0 Å². The lowest BCUT2D eigenvalue weighted by atomic mass is 10.0. The zero-order valence-corrected chi connectivity index (χ0v) is 12.5. The van der Waals surface area contributed by atoms with Crippen molar-refractivity contribution < 1.29 is 4.74 Å². The summed E-state index contributed by atoms with van der Waals surface area (Å²) in [6.07, 6.45) is 1.67. The largest absolute Gasteiger partial charge is 0.489 e. The second kappa shape index (κ2) is 6.94. The average molecular weight is 296 g/mol. The Balaban J connectivity index is 2.12. The van der Waals surface area contributed by atoms with Gasteiger partial charge in [0, 0.05) is 16.6 Å². The maximum atomic E-state index is 6.26. The van der Waals surface area contributed by atoms with Gasteiger partial charge in [-0.15, -0.1) is 0 Å². The average Bonchev–Trinajstić information content (AvgIpc) is 2.92. The Morgan fingerprint density at radius 3 is 2.89 bits per heavy atom. The van der Waals surface area contributed by atoms with Gasteiger partial charge in [0.25, 0.3) is 0 Å². The third kappa shape index (κ3) is 3.96. The molecule has 1 unspecified atom stereocenters. The molecule has 2 nitrogen and oxygen atoms in total. The normalized spacial score (nSPS) is 12.4. The Hall–Kier alpha value is -1.03. The molecule has 2 rings (SSSR count). The van der Waals surface area contributed by atoms with Crippen molar-refractivity contribution in [3.05, 3.63) is 51.2 Å². The van der Waals surface area contributed by atoms with Crippen LogP contribution in [0.15, 0.2) is 35.0 Å². The number of rotatable bonds is 6. The lowest BCUT2D eigenvalue weighted by Crippen LogP contribution is -2.22. The Bertz CT molecular complexity index is 513. The number of ether oxygens (including phenoxy) is 1. The first-order valence-corrected chi connectivity index (χ1v) is 7.69. The summed E-state index contributed by atoms with van der Waals surface area (Å²) < 4.78 is 5.87. The second-order valence-corrected chi connectivity index (χ2v) is 5.70. The lowest BCUT2D eigenvalue weighted by molar-refractivity contribution is 0.302. The van der Waals surface area contributed by atoms with Crippen LogP contribution in [0.3, 0.4) is 0 Å². The van der Waals surface area contributed by atoms with Crippen LogP contribution >= 0.6 is 22.9 Å². The highest BCUT2D eigenvalue weighted by atomic mass is 35.5. The highest BCUT2D eigenvalue weighted by Gasteiger charge is 2.12. The van der Waals surface area contributed by atoms with E-state index in [-0.39, 0.29) is 6.04 Å². The molecule has 0 bridgehead atoms. The van der Waals surface area contributed by atoms with E-state index < -0.39 is 0 Å². The van der Waals surface area contributed by atoms with Gasteiger partial charge in [0.2, 0.25) is 0 Å². The molecule has 19 heavy (non-hydrogen) atoms. The fraction of sp³-hybridized carbons (Fsp3) is 0.333. The molecule has 4 heteroatoms. The van der Waals surface area contributed by atoms with E-state index in [1.165, 1.54) is 5.56 Å². The topological polar surface area (TPSA) is 35.2 Å². The van der Waals surface area contributed by atoms with Gasteiger partial charge in [0.15, 0.2) is 0 Å². The van der Waals surface area contributed by atoms with Gasteiger partial charge in [-0.25, -0.2) is 0 Å². The zero-order chi connectivity index (χ0) is 13.7. The van der Waals surface area contributed by atoms with Gasteiger partial charge in [-0.1, -0.05) is 24.6 Å². The zero-order valence-electron chi connectivity index (χ0n) is 10.9.